The van der Waals surface area contributed by atoms with Crippen molar-refractivity contribution in [3.05, 3.63) is 46.8 Å². The maximum absolute atomic E-state index is 13.0. The van der Waals surface area contributed by atoms with Crippen molar-refractivity contribution in [1.82, 2.24) is 14.7 Å². The monoisotopic (exact) mass is 383 g/mol. The Kier molecular flexibility index (Phi) is 6.17. The van der Waals surface area contributed by atoms with Crippen molar-refractivity contribution in [2.24, 2.45) is 11.8 Å². The highest BCUT2D eigenvalue weighted by atomic mass is 16.5. The van der Waals surface area contributed by atoms with E-state index in [0.29, 0.717) is 24.1 Å². The number of hydrogen-bond donors (Lipinski definition) is 0. The van der Waals surface area contributed by atoms with E-state index >= 15 is 0 Å². The third-order valence-electron chi connectivity index (χ3n) is 5.19. The lowest BCUT2D eigenvalue weighted by molar-refractivity contribution is -0.137. The zero-order chi connectivity index (χ0) is 20.3. The highest BCUT2D eigenvalue weighted by molar-refractivity contribution is 5.80. The van der Waals surface area contributed by atoms with Crippen LogP contribution in [0, 0.1) is 11.8 Å². The van der Waals surface area contributed by atoms with Gasteiger partial charge in [0, 0.05) is 24.7 Å². The number of ether oxygens (including phenoxy) is 1. The van der Waals surface area contributed by atoms with Gasteiger partial charge >= 0.3 is 0 Å². The Bertz CT molecular complexity index is 865. The van der Waals surface area contributed by atoms with Crippen molar-refractivity contribution < 1.29 is 9.53 Å². The Morgan fingerprint density at radius 1 is 1.14 bits per heavy atom. The molecule has 28 heavy (non-hydrogen) atoms. The molecule has 150 valence electrons. The fraction of sp³-hybridized carbons (Fsp3) is 0.500. The van der Waals surface area contributed by atoms with Crippen LogP contribution in [0.1, 0.15) is 40.2 Å². The molecular weight excluding hydrogens is 354 g/mol. The summed E-state index contributed by atoms with van der Waals surface area (Å²) in [6.07, 6.45) is 1.13. The van der Waals surface area contributed by atoms with Gasteiger partial charge in [-0.1, -0.05) is 13.8 Å². The summed E-state index contributed by atoms with van der Waals surface area (Å²) in [6, 6.07) is 10.1. The van der Waals surface area contributed by atoms with Gasteiger partial charge in [0.25, 0.3) is 5.56 Å². The fourth-order valence-electron chi connectivity index (χ4n) is 3.96. The number of likely N-dealkylation sites (tertiary alicyclic amines) is 1. The molecule has 0 spiro atoms. The van der Waals surface area contributed by atoms with Crippen LogP contribution in [0.25, 0.3) is 11.3 Å². The second kappa shape index (κ2) is 8.59. The van der Waals surface area contributed by atoms with Crippen LogP contribution in [0.3, 0.4) is 0 Å². The quantitative estimate of drug-likeness (QED) is 0.794. The molecule has 2 heterocycles. The van der Waals surface area contributed by atoms with Gasteiger partial charge in [-0.3, -0.25) is 9.59 Å². The molecular formula is C22H29N3O3. The lowest BCUT2D eigenvalue weighted by Gasteiger charge is -2.36. The largest absolute Gasteiger partial charge is 0.494 e. The summed E-state index contributed by atoms with van der Waals surface area (Å²) >= 11 is 0. The van der Waals surface area contributed by atoms with Crippen molar-refractivity contribution in [2.45, 2.75) is 40.2 Å². The summed E-state index contributed by atoms with van der Waals surface area (Å²) in [4.78, 5) is 27.3. The van der Waals surface area contributed by atoms with Crippen LogP contribution in [-0.2, 0) is 4.79 Å². The van der Waals surface area contributed by atoms with E-state index in [1.165, 1.54) is 10.7 Å². The SMILES string of the molecule is CCOc1ccc(-c2ccc(=O)n(C(C)C(=O)N3CC(C)CC(C)C3)n2)cc1. The molecule has 3 atom stereocenters. The zero-order valence-corrected chi connectivity index (χ0v) is 17.1. The van der Waals surface area contributed by atoms with E-state index in [4.69, 9.17) is 4.74 Å². The first-order valence-electron chi connectivity index (χ1n) is 10.0. The molecule has 1 fully saturated rings. The van der Waals surface area contributed by atoms with Crippen LogP contribution in [0.4, 0.5) is 0 Å². The van der Waals surface area contributed by atoms with E-state index in [1.807, 2.05) is 36.1 Å². The molecule has 6 heteroatoms. The molecule has 1 aliphatic heterocycles. The normalized spacial score (nSPS) is 20.6. The van der Waals surface area contributed by atoms with Crippen LogP contribution in [0.5, 0.6) is 5.75 Å². The predicted molar refractivity (Wildman–Crippen MR) is 109 cm³/mol. The molecule has 6 nitrogen and oxygen atoms in total. The van der Waals surface area contributed by atoms with E-state index in [9.17, 15) is 9.59 Å². The summed E-state index contributed by atoms with van der Waals surface area (Å²) in [5.41, 5.74) is 1.26. The average Bonchev–Trinajstić information content (AvgIpc) is 2.67. The molecule has 0 saturated carbocycles. The van der Waals surface area contributed by atoms with E-state index in [0.717, 1.165) is 30.8 Å². The minimum absolute atomic E-state index is 0.0446. The summed E-state index contributed by atoms with van der Waals surface area (Å²) in [5, 5.41) is 4.49. The molecule has 3 rings (SSSR count). The Morgan fingerprint density at radius 2 is 1.79 bits per heavy atom. The van der Waals surface area contributed by atoms with Gasteiger partial charge in [0.2, 0.25) is 5.91 Å². The average molecular weight is 383 g/mol. The van der Waals surface area contributed by atoms with Gasteiger partial charge < -0.3 is 9.64 Å². The van der Waals surface area contributed by atoms with Crippen LogP contribution in [-0.4, -0.2) is 40.3 Å². The number of piperidine rings is 1. The third kappa shape index (κ3) is 4.43. The lowest BCUT2D eigenvalue weighted by Crippen LogP contribution is -2.46. The number of hydrogen-bond acceptors (Lipinski definition) is 4. The minimum atomic E-state index is -0.632. The van der Waals surface area contributed by atoms with Crippen LogP contribution in [0.2, 0.25) is 0 Å². The highest BCUT2D eigenvalue weighted by Crippen LogP contribution is 2.24. The molecule has 3 unspecified atom stereocenters. The van der Waals surface area contributed by atoms with Gasteiger partial charge in [0.05, 0.1) is 12.3 Å². The minimum Gasteiger partial charge on any atom is -0.494 e. The fourth-order valence-corrected chi connectivity index (χ4v) is 3.96. The smallest absolute Gasteiger partial charge is 0.267 e. The van der Waals surface area contributed by atoms with Crippen molar-refractivity contribution in [1.29, 1.82) is 0 Å². The van der Waals surface area contributed by atoms with Gasteiger partial charge in [0.1, 0.15) is 11.8 Å². The van der Waals surface area contributed by atoms with Crippen LogP contribution in [0.15, 0.2) is 41.2 Å². The molecule has 0 bridgehead atoms. The first kappa shape index (κ1) is 20.1. The number of aromatic nitrogens is 2. The zero-order valence-electron chi connectivity index (χ0n) is 17.1. The van der Waals surface area contributed by atoms with Gasteiger partial charge in [-0.15, -0.1) is 0 Å². The first-order chi connectivity index (χ1) is 13.4. The molecule has 0 aliphatic carbocycles. The lowest BCUT2D eigenvalue weighted by atomic mass is 9.91. The maximum Gasteiger partial charge on any atom is 0.267 e. The van der Waals surface area contributed by atoms with Gasteiger partial charge in [0.15, 0.2) is 0 Å². The van der Waals surface area contributed by atoms with Gasteiger partial charge in [-0.2, -0.15) is 5.10 Å². The number of carbonyl (C=O) groups excluding carboxylic acids is 1. The predicted octanol–water partition coefficient (Wildman–Crippen LogP) is 3.37. The number of amides is 1. The van der Waals surface area contributed by atoms with Gasteiger partial charge in [-0.25, -0.2) is 4.68 Å². The Hall–Kier alpha value is -2.63. The third-order valence-corrected chi connectivity index (χ3v) is 5.19. The molecule has 1 saturated heterocycles. The van der Waals surface area contributed by atoms with Gasteiger partial charge in [-0.05, 0) is 62.4 Å². The van der Waals surface area contributed by atoms with Crippen molar-refractivity contribution in [2.75, 3.05) is 19.7 Å². The molecule has 1 amide bonds. The van der Waals surface area contributed by atoms with E-state index in [-0.39, 0.29) is 11.5 Å². The highest BCUT2D eigenvalue weighted by Gasteiger charge is 2.29. The first-order valence-corrected chi connectivity index (χ1v) is 10.0. The molecule has 0 N–H and O–H groups in total. The molecule has 1 aromatic carbocycles. The summed E-state index contributed by atoms with van der Waals surface area (Å²) in [6.45, 7) is 10.1. The van der Waals surface area contributed by atoms with E-state index < -0.39 is 6.04 Å². The standard InChI is InChI=1S/C22H29N3O3/c1-5-28-19-8-6-18(7-9-19)20-10-11-21(26)25(23-20)17(4)22(27)24-13-15(2)12-16(3)14-24/h6-11,15-17H,5,12-14H2,1-4H3. The van der Waals surface area contributed by atoms with Crippen molar-refractivity contribution in [3.63, 3.8) is 0 Å². The molecule has 1 aromatic heterocycles. The maximum atomic E-state index is 13.0. The summed E-state index contributed by atoms with van der Waals surface area (Å²) in [5.74, 6) is 1.69. The Morgan fingerprint density at radius 3 is 2.39 bits per heavy atom. The van der Waals surface area contributed by atoms with Crippen LogP contribution >= 0.6 is 0 Å². The topological polar surface area (TPSA) is 64.4 Å². The second-order valence-corrected chi connectivity index (χ2v) is 7.82. The van der Waals surface area contributed by atoms with Crippen molar-refractivity contribution in [3.8, 4) is 17.0 Å². The number of nitrogens with zero attached hydrogens (tertiary/aromatic N) is 3. The number of carbonyl (C=O) groups is 1. The van der Waals surface area contributed by atoms with E-state index in [2.05, 4.69) is 18.9 Å². The molecule has 0 radical (unpaired) electrons. The molecule has 2 aromatic rings. The molecule has 1 aliphatic rings. The summed E-state index contributed by atoms with van der Waals surface area (Å²) in [7, 11) is 0. The van der Waals surface area contributed by atoms with E-state index in [1.54, 1.807) is 13.0 Å². The number of benzene rings is 1. The summed E-state index contributed by atoms with van der Waals surface area (Å²) < 4.78 is 6.77. The van der Waals surface area contributed by atoms with Crippen molar-refractivity contribution >= 4 is 5.91 Å². The number of rotatable bonds is 5. The van der Waals surface area contributed by atoms with Crippen LogP contribution < -0.4 is 10.3 Å². The Balaban J connectivity index is 1.84. The Labute approximate surface area is 166 Å². The second-order valence-electron chi connectivity index (χ2n) is 7.82.